The largest absolute Gasteiger partial charge is 0.388 e. The van der Waals surface area contributed by atoms with E-state index in [1.807, 2.05) is 0 Å². The highest BCUT2D eigenvalue weighted by Crippen LogP contribution is 2.25. The van der Waals surface area contributed by atoms with Gasteiger partial charge in [0, 0.05) is 6.04 Å². The number of piperidine rings is 1. The molecule has 0 bridgehead atoms. The van der Waals surface area contributed by atoms with Gasteiger partial charge in [0.15, 0.2) is 0 Å². The number of aliphatic hydroxyl groups is 1. The molecular weight excluding hydrogens is 222 g/mol. The molecule has 0 radical (unpaired) electrons. The molecule has 1 heterocycles. The lowest BCUT2D eigenvalue weighted by atomic mass is 9.89. The van der Waals surface area contributed by atoms with Crippen LogP contribution in [0.1, 0.15) is 49.0 Å². The summed E-state index contributed by atoms with van der Waals surface area (Å²) < 4.78 is 0. The van der Waals surface area contributed by atoms with Crippen LogP contribution < -0.4 is 5.32 Å². The van der Waals surface area contributed by atoms with Gasteiger partial charge in [0.05, 0.1) is 6.10 Å². The molecule has 2 rings (SSSR count). The molecule has 1 fully saturated rings. The minimum Gasteiger partial charge on any atom is -0.388 e. The van der Waals surface area contributed by atoms with E-state index >= 15 is 0 Å². The summed E-state index contributed by atoms with van der Waals surface area (Å²) in [6.07, 6.45) is 2.93. The molecule has 0 spiro atoms. The first-order chi connectivity index (χ1) is 8.54. The van der Waals surface area contributed by atoms with Crippen molar-refractivity contribution in [2.24, 2.45) is 5.92 Å². The molecule has 1 aromatic carbocycles. The summed E-state index contributed by atoms with van der Waals surface area (Å²) in [5.74, 6) is 0.780. The van der Waals surface area contributed by atoms with Crippen molar-refractivity contribution in [3.8, 4) is 0 Å². The van der Waals surface area contributed by atoms with Crippen LogP contribution in [0.2, 0.25) is 0 Å². The van der Waals surface area contributed by atoms with E-state index in [1.54, 1.807) is 0 Å². The Morgan fingerprint density at radius 1 is 1.28 bits per heavy atom. The number of aliphatic hydroxyl groups excluding tert-OH is 1. The highest BCUT2D eigenvalue weighted by atomic mass is 16.3. The van der Waals surface area contributed by atoms with Crippen molar-refractivity contribution in [1.29, 1.82) is 0 Å². The van der Waals surface area contributed by atoms with Crippen LogP contribution in [0.4, 0.5) is 0 Å². The Morgan fingerprint density at radius 3 is 2.56 bits per heavy atom. The smallest absolute Gasteiger partial charge is 0.0805 e. The van der Waals surface area contributed by atoms with E-state index in [0.717, 1.165) is 24.4 Å². The Kier molecular flexibility index (Phi) is 4.41. The van der Waals surface area contributed by atoms with Crippen molar-refractivity contribution in [3.05, 3.63) is 34.9 Å². The van der Waals surface area contributed by atoms with E-state index in [1.165, 1.54) is 24.0 Å². The highest BCUT2D eigenvalue weighted by molar-refractivity contribution is 5.30. The van der Waals surface area contributed by atoms with Crippen LogP contribution in [-0.2, 0) is 0 Å². The van der Waals surface area contributed by atoms with Crippen molar-refractivity contribution in [2.45, 2.75) is 52.2 Å². The van der Waals surface area contributed by atoms with Crippen molar-refractivity contribution >= 4 is 0 Å². The molecular formula is C16H25NO. The van der Waals surface area contributed by atoms with E-state index in [0.29, 0.717) is 6.04 Å². The third kappa shape index (κ3) is 3.56. The van der Waals surface area contributed by atoms with Gasteiger partial charge in [-0.1, -0.05) is 36.2 Å². The predicted octanol–water partition coefficient (Wildman–Crippen LogP) is 3.12. The van der Waals surface area contributed by atoms with Gasteiger partial charge >= 0.3 is 0 Å². The molecule has 2 heteroatoms. The van der Waals surface area contributed by atoms with Crippen LogP contribution in [0.5, 0.6) is 0 Å². The number of rotatable bonds is 3. The van der Waals surface area contributed by atoms with Gasteiger partial charge in [-0.2, -0.15) is 0 Å². The Labute approximate surface area is 110 Å². The molecule has 0 saturated carbocycles. The molecule has 1 aliphatic rings. The fourth-order valence-electron chi connectivity index (χ4n) is 3.01. The summed E-state index contributed by atoms with van der Waals surface area (Å²) >= 11 is 0. The minimum absolute atomic E-state index is 0.341. The molecule has 0 aromatic heterocycles. The normalized spacial score (nSPS) is 26.0. The van der Waals surface area contributed by atoms with Crippen molar-refractivity contribution < 1.29 is 5.11 Å². The monoisotopic (exact) mass is 247 g/mol. The SMILES string of the molecule is Cc1cc(C)cc(C(O)CC2CC(C)CCN2)c1. The number of nitrogens with one attached hydrogen (secondary N) is 1. The van der Waals surface area contributed by atoms with Crippen molar-refractivity contribution in [2.75, 3.05) is 6.54 Å². The molecule has 3 atom stereocenters. The van der Waals surface area contributed by atoms with Gasteiger partial charge in [0.25, 0.3) is 0 Å². The molecule has 0 amide bonds. The van der Waals surface area contributed by atoms with E-state index in [4.69, 9.17) is 0 Å². The molecule has 2 N–H and O–H groups in total. The molecule has 1 aromatic rings. The van der Waals surface area contributed by atoms with E-state index in [9.17, 15) is 5.11 Å². The van der Waals surface area contributed by atoms with Gasteiger partial charge in [-0.05, 0) is 51.1 Å². The van der Waals surface area contributed by atoms with Crippen molar-refractivity contribution in [1.82, 2.24) is 5.32 Å². The summed E-state index contributed by atoms with van der Waals surface area (Å²) in [6.45, 7) is 7.57. The maximum Gasteiger partial charge on any atom is 0.0805 e. The summed E-state index contributed by atoms with van der Waals surface area (Å²) in [4.78, 5) is 0. The molecule has 3 unspecified atom stereocenters. The zero-order valence-electron chi connectivity index (χ0n) is 11.7. The maximum absolute atomic E-state index is 10.4. The molecule has 1 saturated heterocycles. The third-order valence-electron chi connectivity index (χ3n) is 3.89. The van der Waals surface area contributed by atoms with E-state index < -0.39 is 0 Å². The second-order valence-electron chi connectivity index (χ2n) is 5.95. The van der Waals surface area contributed by atoms with Crippen LogP contribution in [0.3, 0.4) is 0 Å². The fraction of sp³-hybridized carbons (Fsp3) is 0.625. The zero-order valence-corrected chi connectivity index (χ0v) is 11.7. The molecule has 100 valence electrons. The predicted molar refractivity (Wildman–Crippen MR) is 75.7 cm³/mol. The lowest BCUT2D eigenvalue weighted by Crippen LogP contribution is -2.38. The minimum atomic E-state index is -0.341. The Bertz CT molecular complexity index is 382. The third-order valence-corrected chi connectivity index (χ3v) is 3.89. The fourth-order valence-corrected chi connectivity index (χ4v) is 3.01. The van der Waals surface area contributed by atoms with Crippen LogP contribution in [0.25, 0.3) is 0 Å². The summed E-state index contributed by atoms with van der Waals surface area (Å²) in [5, 5.41) is 13.9. The maximum atomic E-state index is 10.4. The number of benzene rings is 1. The van der Waals surface area contributed by atoms with Gasteiger partial charge in [0.1, 0.15) is 0 Å². The first-order valence-electron chi connectivity index (χ1n) is 7.04. The average molecular weight is 247 g/mol. The summed E-state index contributed by atoms with van der Waals surface area (Å²) in [6, 6.07) is 6.81. The topological polar surface area (TPSA) is 32.3 Å². The van der Waals surface area contributed by atoms with Crippen LogP contribution in [-0.4, -0.2) is 17.7 Å². The molecule has 0 aliphatic carbocycles. The number of aryl methyl sites for hydroxylation is 2. The van der Waals surface area contributed by atoms with Gasteiger partial charge in [-0.3, -0.25) is 0 Å². The summed E-state index contributed by atoms with van der Waals surface area (Å²) in [7, 11) is 0. The van der Waals surface area contributed by atoms with Crippen LogP contribution in [0, 0.1) is 19.8 Å². The first kappa shape index (κ1) is 13.6. The lowest BCUT2D eigenvalue weighted by molar-refractivity contribution is 0.138. The number of hydrogen-bond acceptors (Lipinski definition) is 2. The average Bonchev–Trinajstić information content (AvgIpc) is 2.27. The molecule has 18 heavy (non-hydrogen) atoms. The van der Waals surface area contributed by atoms with Gasteiger partial charge in [-0.25, -0.2) is 0 Å². The zero-order chi connectivity index (χ0) is 13.1. The highest BCUT2D eigenvalue weighted by Gasteiger charge is 2.21. The van der Waals surface area contributed by atoms with Crippen molar-refractivity contribution in [3.63, 3.8) is 0 Å². The van der Waals surface area contributed by atoms with Gasteiger partial charge < -0.3 is 10.4 Å². The van der Waals surface area contributed by atoms with Gasteiger partial charge in [0.2, 0.25) is 0 Å². The molecule has 2 nitrogen and oxygen atoms in total. The lowest BCUT2D eigenvalue weighted by Gasteiger charge is -2.29. The Balaban J connectivity index is 2.00. The van der Waals surface area contributed by atoms with E-state index in [-0.39, 0.29) is 6.10 Å². The second-order valence-corrected chi connectivity index (χ2v) is 5.95. The Morgan fingerprint density at radius 2 is 1.94 bits per heavy atom. The standard InChI is InChI=1S/C16H25NO/c1-11-4-5-17-15(9-11)10-16(18)14-7-12(2)6-13(3)8-14/h6-8,11,15-18H,4-5,9-10H2,1-3H3. The second kappa shape index (κ2) is 5.85. The number of hydrogen-bond donors (Lipinski definition) is 2. The van der Waals surface area contributed by atoms with Crippen LogP contribution in [0.15, 0.2) is 18.2 Å². The van der Waals surface area contributed by atoms with Gasteiger partial charge in [-0.15, -0.1) is 0 Å². The van der Waals surface area contributed by atoms with E-state index in [2.05, 4.69) is 44.3 Å². The van der Waals surface area contributed by atoms with Crippen LogP contribution >= 0.6 is 0 Å². The molecule has 1 aliphatic heterocycles. The summed E-state index contributed by atoms with van der Waals surface area (Å²) in [5.41, 5.74) is 3.52. The first-order valence-corrected chi connectivity index (χ1v) is 7.04. The Hall–Kier alpha value is -0.860. The quantitative estimate of drug-likeness (QED) is 0.860.